The Labute approximate surface area is 117 Å². The van der Waals surface area contributed by atoms with Crippen LogP contribution in [0.5, 0.6) is 0 Å². The number of benzene rings is 1. The van der Waals surface area contributed by atoms with Gasteiger partial charge in [0, 0.05) is 29.9 Å². The van der Waals surface area contributed by atoms with Crippen molar-refractivity contribution in [3.8, 4) is 0 Å². The van der Waals surface area contributed by atoms with Gasteiger partial charge in [-0.05, 0) is 26.0 Å². The van der Waals surface area contributed by atoms with E-state index in [-0.39, 0.29) is 24.1 Å². The van der Waals surface area contributed by atoms with Crippen LogP contribution in [0, 0.1) is 0 Å². The summed E-state index contributed by atoms with van der Waals surface area (Å²) in [4.78, 5) is 23.0. The highest BCUT2D eigenvalue weighted by atomic mass is 16.4. The van der Waals surface area contributed by atoms with Gasteiger partial charge < -0.3 is 15.0 Å². The Bertz CT molecular complexity index is 644. The zero-order chi connectivity index (χ0) is 14.7. The molecule has 1 heterocycles. The number of carboxylic acid groups (broad SMARTS) is 1. The van der Waals surface area contributed by atoms with E-state index in [1.165, 1.54) is 0 Å². The van der Waals surface area contributed by atoms with Gasteiger partial charge in [-0.1, -0.05) is 18.2 Å². The minimum Gasteiger partial charge on any atom is -0.477 e. The van der Waals surface area contributed by atoms with Crippen LogP contribution >= 0.6 is 0 Å². The molecule has 1 aromatic heterocycles. The maximum Gasteiger partial charge on any atom is 0.352 e. The lowest BCUT2D eigenvalue weighted by molar-refractivity contribution is -0.121. The van der Waals surface area contributed by atoms with E-state index < -0.39 is 5.97 Å². The number of para-hydroxylation sites is 1. The van der Waals surface area contributed by atoms with Crippen LogP contribution in [0.15, 0.2) is 30.3 Å². The molecule has 5 nitrogen and oxygen atoms in total. The number of rotatable bonds is 5. The van der Waals surface area contributed by atoms with Gasteiger partial charge >= 0.3 is 5.97 Å². The number of aryl methyl sites for hydroxylation is 1. The first-order valence-corrected chi connectivity index (χ1v) is 6.60. The fourth-order valence-electron chi connectivity index (χ4n) is 2.24. The van der Waals surface area contributed by atoms with Gasteiger partial charge in [0.25, 0.3) is 0 Å². The first kappa shape index (κ1) is 14.1. The van der Waals surface area contributed by atoms with Gasteiger partial charge in [-0.2, -0.15) is 0 Å². The number of amides is 1. The lowest BCUT2D eigenvalue weighted by atomic mass is 10.2. The summed E-state index contributed by atoms with van der Waals surface area (Å²) in [5, 5.41) is 12.9. The molecule has 0 unspecified atom stereocenters. The van der Waals surface area contributed by atoms with Gasteiger partial charge in [0.05, 0.1) is 0 Å². The second-order valence-corrected chi connectivity index (χ2v) is 5.02. The summed E-state index contributed by atoms with van der Waals surface area (Å²) in [5.74, 6) is -1.06. The molecule has 2 N–H and O–H groups in total. The number of aromatic carboxylic acids is 1. The quantitative estimate of drug-likeness (QED) is 0.878. The summed E-state index contributed by atoms with van der Waals surface area (Å²) in [6.45, 7) is 4.14. The lowest BCUT2D eigenvalue weighted by Gasteiger charge is -2.10. The third-order valence-electron chi connectivity index (χ3n) is 3.04. The summed E-state index contributed by atoms with van der Waals surface area (Å²) in [7, 11) is 0. The zero-order valence-corrected chi connectivity index (χ0v) is 11.6. The molecule has 0 saturated heterocycles. The predicted molar refractivity (Wildman–Crippen MR) is 76.8 cm³/mol. The average molecular weight is 274 g/mol. The van der Waals surface area contributed by atoms with Crippen LogP contribution in [0.3, 0.4) is 0 Å². The molecule has 0 aliphatic rings. The molecule has 5 heteroatoms. The number of carbonyl (C=O) groups is 2. The molecular weight excluding hydrogens is 256 g/mol. The third kappa shape index (κ3) is 2.99. The second-order valence-electron chi connectivity index (χ2n) is 5.02. The molecule has 20 heavy (non-hydrogen) atoms. The highest BCUT2D eigenvalue weighted by Gasteiger charge is 2.15. The highest BCUT2D eigenvalue weighted by molar-refractivity contribution is 5.94. The van der Waals surface area contributed by atoms with E-state index in [2.05, 4.69) is 5.32 Å². The van der Waals surface area contributed by atoms with Crippen LogP contribution < -0.4 is 5.32 Å². The smallest absolute Gasteiger partial charge is 0.352 e. The number of hydrogen-bond donors (Lipinski definition) is 2. The van der Waals surface area contributed by atoms with E-state index in [0.717, 1.165) is 10.9 Å². The summed E-state index contributed by atoms with van der Waals surface area (Å²) in [5.41, 5.74) is 1.05. The Hall–Kier alpha value is -2.30. The number of carboxylic acids is 1. The number of nitrogens with one attached hydrogen (secondary N) is 1. The predicted octanol–water partition coefficient (Wildman–Crippen LogP) is 2.25. The Morgan fingerprint density at radius 2 is 2.00 bits per heavy atom. The van der Waals surface area contributed by atoms with Crippen molar-refractivity contribution >= 4 is 22.8 Å². The number of carbonyl (C=O) groups excluding carboxylic acids is 1. The van der Waals surface area contributed by atoms with E-state index in [1.54, 1.807) is 10.6 Å². The Kier molecular flexibility index (Phi) is 4.08. The highest BCUT2D eigenvalue weighted by Crippen LogP contribution is 2.20. The molecule has 0 atom stereocenters. The number of aromatic nitrogens is 1. The minimum absolute atomic E-state index is 0.0749. The first-order chi connectivity index (χ1) is 9.49. The van der Waals surface area contributed by atoms with Crippen molar-refractivity contribution in [3.63, 3.8) is 0 Å². The van der Waals surface area contributed by atoms with E-state index in [1.807, 2.05) is 38.1 Å². The molecule has 2 aromatic rings. The lowest BCUT2D eigenvalue weighted by Crippen LogP contribution is -2.30. The largest absolute Gasteiger partial charge is 0.477 e. The standard InChI is InChI=1S/C15H18N2O3/c1-10(2)16-14(18)7-8-17-12-6-4-3-5-11(12)9-13(17)15(19)20/h3-6,9-10H,7-8H2,1-2H3,(H,16,18)(H,19,20). The number of fused-ring (bicyclic) bond motifs is 1. The molecule has 0 aliphatic heterocycles. The molecule has 2 rings (SSSR count). The summed E-state index contributed by atoms with van der Waals surface area (Å²) in [6, 6.07) is 9.18. The van der Waals surface area contributed by atoms with E-state index in [9.17, 15) is 14.7 Å². The number of hydrogen-bond acceptors (Lipinski definition) is 2. The van der Waals surface area contributed by atoms with Gasteiger partial charge in [0.1, 0.15) is 5.69 Å². The molecule has 0 saturated carbocycles. The van der Waals surface area contributed by atoms with Crippen molar-refractivity contribution in [3.05, 3.63) is 36.0 Å². The Balaban J connectivity index is 2.26. The van der Waals surface area contributed by atoms with Crippen LogP contribution in [0.2, 0.25) is 0 Å². The normalized spacial score (nSPS) is 10.9. The van der Waals surface area contributed by atoms with E-state index in [0.29, 0.717) is 6.54 Å². The van der Waals surface area contributed by atoms with Crippen LogP contribution in [0.4, 0.5) is 0 Å². The van der Waals surface area contributed by atoms with Crippen molar-refractivity contribution < 1.29 is 14.7 Å². The van der Waals surface area contributed by atoms with Crippen LogP contribution in [-0.4, -0.2) is 27.6 Å². The topological polar surface area (TPSA) is 71.3 Å². The average Bonchev–Trinajstić information content (AvgIpc) is 2.74. The van der Waals surface area contributed by atoms with Crippen LogP contribution in [0.1, 0.15) is 30.8 Å². The monoisotopic (exact) mass is 274 g/mol. The zero-order valence-electron chi connectivity index (χ0n) is 11.6. The van der Waals surface area contributed by atoms with Gasteiger partial charge in [-0.15, -0.1) is 0 Å². The van der Waals surface area contributed by atoms with Gasteiger partial charge in [0.2, 0.25) is 5.91 Å². The second kappa shape index (κ2) is 5.77. The van der Waals surface area contributed by atoms with E-state index in [4.69, 9.17) is 0 Å². The van der Waals surface area contributed by atoms with Crippen molar-refractivity contribution in [2.45, 2.75) is 32.9 Å². The Morgan fingerprint density at radius 1 is 1.30 bits per heavy atom. The fourth-order valence-corrected chi connectivity index (χ4v) is 2.24. The Morgan fingerprint density at radius 3 is 2.65 bits per heavy atom. The first-order valence-electron chi connectivity index (χ1n) is 6.60. The van der Waals surface area contributed by atoms with Crippen molar-refractivity contribution in [2.24, 2.45) is 0 Å². The van der Waals surface area contributed by atoms with Crippen LogP contribution in [0.25, 0.3) is 10.9 Å². The van der Waals surface area contributed by atoms with Gasteiger partial charge in [-0.3, -0.25) is 4.79 Å². The molecule has 0 radical (unpaired) electrons. The molecular formula is C15H18N2O3. The molecule has 0 bridgehead atoms. The number of nitrogens with zero attached hydrogens (tertiary/aromatic N) is 1. The summed E-state index contributed by atoms with van der Waals surface area (Å²) in [6.07, 6.45) is 0.261. The van der Waals surface area contributed by atoms with Crippen LogP contribution in [-0.2, 0) is 11.3 Å². The van der Waals surface area contributed by atoms with Crippen molar-refractivity contribution in [2.75, 3.05) is 0 Å². The maximum atomic E-state index is 11.7. The molecule has 0 fully saturated rings. The van der Waals surface area contributed by atoms with E-state index >= 15 is 0 Å². The SMILES string of the molecule is CC(C)NC(=O)CCn1c(C(=O)O)cc2ccccc21. The summed E-state index contributed by atoms with van der Waals surface area (Å²) >= 11 is 0. The maximum absolute atomic E-state index is 11.7. The third-order valence-corrected chi connectivity index (χ3v) is 3.04. The molecule has 106 valence electrons. The van der Waals surface area contributed by atoms with Crippen molar-refractivity contribution in [1.29, 1.82) is 0 Å². The summed E-state index contributed by atoms with van der Waals surface area (Å²) < 4.78 is 1.68. The molecule has 0 spiro atoms. The van der Waals surface area contributed by atoms with Crippen molar-refractivity contribution in [1.82, 2.24) is 9.88 Å². The van der Waals surface area contributed by atoms with Gasteiger partial charge in [-0.25, -0.2) is 4.79 Å². The molecule has 1 aromatic carbocycles. The fraction of sp³-hybridized carbons (Fsp3) is 0.333. The molecule has 1 amide bonds. The molecule has 0 aliphatic carbocycles. The van der Waals surface area contributed by atoms with Gasteiger partial charge in [0.15, 0.2) is 0 Å². The minimum atomic E-state index is -0.981.